The maximum atomic E-state index is 12.1. The SMILES string of the molecule is NC(=O)C1CCN(C(=O)COC(=O)CCc2ccc(-c3ccccc3)o2)CC1. The van der Waals surface area contributed by atoms with Crippen LogP contribution >= 0.6 is 0 Å². The lowest BCUT2D eigenvalue weighted by molar-refractivity contribution is -0.152. The van der Waals surface area contributed by atoms with E-state index in [-0.39, 0.29) is 30.8 Å². The van der Waals surface area contributed by atoms with Crippen molar-refractivity contribution in [3.8, 4) is 11.3 Å². The number of hydrogen-bond donors (Lipinski definition) is 1. The number of likely N-dealkylation sites (tertiary alicyclic amines) is 1. The zero-order chi connectivity index (χ0) is 19.9. The van der Waals surface area contributed by atoms with Crippen LogP contribution in [0.3, 0.4) is 0 Å². The molecule has 1 aliphatic heterocycles. The van der Waals surface area contributed by atoms with Gasteiger partial charge >= 0.3 is 5.97 Å². The van der Waals surface area contributed by atoms with Gasteiger partial charge in [0.05, 0.1) is 6.42 Å². The molecule has 0 spiro atoms. The molecular formula is C21H24N2O5. The van der Waals surface area contributed by atoms with Crippen molar-refractivity contribution in [1.82, 2.24) is 4.90 Å². The molecule has 0 radical (unpaired) electrons. The summed E-state index contributed by atoms with van der Waals surface area (Å²) in [6.07, 6.45) is 1.65. The number of nitrogens with two attached hydrogens (primary N) is 1. The highest BCUT2D eigenvalue weighted by Gasteiger charge is 2.26. The molecule has 1 aliphatic rings. The second kappa shape index (κ2) is 9.21. The van der Waals surface area contributed by atoms with Gasteiger partial charge in [-0.15, -0.1) is 0 Å². The Labute approximate surface area is 163 Å². The largest absolute Gasteiger partial charge is 0.461 e. The summed E-state index contributed by atoms with van der Waals surface area (Å²) in [7, 11) is 0. The molecule has 1 aromatic heterocycles. The van der Waals surface area contributed by atoms with Crippen LogP contribution in [0, 0.1) is 5.92 Å². The summed E-state index contributed by atoms with van der Waals surface area (Å²) in [6, 6.07) is 13.4. The van der Waals surface area contributed by atoms with Crippen molar-refractivity contribution in [2.24, 2.45) is 11.7 Å². The van der Waals surface area contributed by atoms with Crippen LogP contribution in [0.2, 0.25) is 0 Å². The fourth-order valence-corrected chi connectivity index (χ4v) is 3.21. The first kappa shape index (κ1) is 19.7. The molecular weight excluding hydrogens is 360 g/mol. The Balaban J connectivity index is 1.39. The van der Waals surface area contributed by atoms with E-state index in [1.807, 2.05) is 42.5 Å². The first-order valence-electron chi connectivity index (χ1n) is 9.40. The Hall–Kier alpha value is -3.09. The third kappa shape index (κ3) is 5.22. The minimum atomic E-state index is -0.446. The molecule has 2 heterocycles. The van der Waals surface area contributed by atoms with Gasteiger partial charge < -0.3 is 19.8 Å². The molecule has 2 amide bonds. The quantitative estimate of drug-likeness (QED) is 0.737. The maximum absolute atomic E-state index is 12.1. The number of aryl methyl sites for hydroxylation is 1. The van der Waals surface area contributed by atoms with Crippen LogP contribution in [0.1, 0.15) is 25.0 Å². The van der Waals surface area contributed by atoms with Gasteiger partial charge in [-0.2, -0.15) is 0 Å². The standard InChI is InChI=1S/C21H24N2O5/c22-21(26)16-10-12-23(13-11-16)19(24)14-27-20(25)9-7-17-6-8-18(28-17)15-4-2-1-3-5-15/h1-6,8,16H,7,9-14H2,(H2,22,26). The predicted molar refractivity (Wildman–Crippen MR) is 102 cm³/mol. The number of esters is 1. The number of benzene rings is 1. The van der Waals surface area contributed by atoms with Crippen molar-refractivity contribution in [3.63, 3.8) is 0 Å². The Kier molecular flexibility index (Phi) is 6.47. The highest BCUT2D eigenvalue weighted by atomic mass is 16.5. The molecule has 0 saturated carbocycles. The van der Waals surface area contributed by atoms with E-state index in [0.29, 0.717) is 38.1 Å². The minimum Gasteiger partial charge on any atom is -0.461 e. The molecule has 7 nitrogen and oxygen atoms in total. The molecule has 148 valence electrons. The van der Waals surface area contributed by atoms with Crippen molar-refractivity contribution in [3.05, 3.63) is 48.2 Å². The van der Waals surface area contributed by atoms with Crippen molar-refractivity contribution in [2.75, 3.05) is 19.7 Å². The number of furan rings is 1. The van der Waals surface area contributed by atoms with E-state index in [0.717, 1.165) is 11.3 Å². The summed E-state index contributed by atoms with van der Waals surface area (Å²) in [5.74, 6) is 0.236. The van der Waals surface area contributed by atoms with Gasteiger partial charge in [0.25, 0.3) is 5.91 Å². The van der Waals surface area contributed by atoms with E-state index in [2.05, 4.69) is 0 Å². The number of ether oxygens (including phenoxy) is 1. The molecule has 0 unspecified atom stereocenters. The molecule has 7 heteroatoms. The zero-order valence-electron chi connectivity index (χ0n) is 15.6. The highest BCUT2D eigenvalue weighted by molar-refractivity contribution is 5.81. The number of piperidine rings is 1. The first-order valence-corrected chi connectivity index (χ1v) is 9.40. The molecule has 0 atom stereocenters. The average molecular weight is 384 g/mol. The fourth-order valence-electron chi connectivity index (χ4n) is 3.21. The van der Waals surface area contributed by atoms with Gasteiger partial charge in [0, 0.05) is 31.0 Å². The second-order valence-corrected chi connectivity index (χ2v) is 6.85. The van der Waals surface area contributed by atoms with E-state index in [1.165, 1.54) is 0 Å². The Morgan fingerprint density at radius 2 is 1.79 bits per heavy atom. The van der Waals surface area contributed by atoms with Crippen LogP contribution in [0.25, 0.3) is 11.3 Å². The highest BCUT2D eigenvalue weighted by Crippen LogP contribution is 2.22. The van der Waals surface area contributed by atoms with E-state index in [9.17, 15) is 14.4 Å². The van der Waals surface area contributed by atoms with Gasteiger partial charge in [-0.1, -0.05) is 30.3 Å². The summed E-state index contributed by atoms with van der Waals surface area (Å²) in [6.45, 7) is 0.630. The third-order valence-electron chi connectivity index (χ3n) is 4.90. The van der Waals surface area contributed by atoms with Gasteiger partial charge in [-0.25, -0.2) is 0 Å². The van der Waals surface area contributed by atoms with E-state index in [1.54, 1.807) is 4.90 Å². The Morgan fingerprint density at radius 1 is 1.07 bits per heavy atom. The monoisotopic (exact) mass is 384 g/mol. The smallest absolute Gasteiger partial charge is 0.306 e. The zero-order valence-corrected chi connectivity index (χ0v) is 15.6. The Morgan fingerprint density at radius 3 is 2.46 bits per heavy atom. The summed E-state index contributed by atoms with van der Waals surface area (Å²) >= 11 is 0. The lowest BCUT2D eigenvalue weighted by Gasteiger charge is -2.30. The van der Waals surface area contributed by atoms with Gasteiger partial charge in [-0.05, 0) is 25.0 Å². The van der Waals surface area contributed by atoms with Crippen LogP contribution in [-0.4, -0.2) is 42.4 Å². The van der Waals surface area contributed by atoms with Gasteiger partial charge in [0.1, 0.15) is 11.5 Å². The number of rotatable bonds is 7. The number of carbonyl (C=O) groups excluding carboxylic acids is 3. The van der Waals surface area contributed by atoms with Crippen molar-refractivity contribution >= 4 is 17.8 Å². The minimum absolute atomic E-state index is 0.138. The van der Waals surface area contributed by atoms with Crippen LogP contribution in [0.5, 0.6) is 0 Å². The van der Waals surface area contributed by atoms with Gasteiger partial charge in [-0.3, -0.25) is 14.4 Å². The van der Waals surface area contributed by atoms with Crippen molar-refractivity contribution in [2.45, 2.75) is 25.7 Å². The van der Waals surface area contributed by atoms with Crippen molar-refractivity contribution in [1.29, 1.82) is 0 Å². The van der Waals surface area contributed by atoms with Crippen molar-refractivity contribution < 1.29 is 23.5 Å². The summed E-state index contributed by atoms with van der Waals surface area (Å²) in [5, 5.41) is 0. The molecule has 1 saturated heterocycles. The van der Waals surface area contributed by atoms with Crippen LogP contribution < -0.4 is 5.73 Å². The molecule has 2 aromatic rings. The lowest BCUT2D eigenvalue weighted by atomic mass is 9.96. The molecule has 0 aliphatic carbocycles. The van der Waals surface area contributed by atoms with Crippen LogP contribution in [0.15, 0.2) is 46.9 Å². The fraction of sp³-hybridized carbons (Fsp3) is 0.381. The molecule has 3 rings (SSSR count). The number of amides is 2. The van der Waals surface area contributed by atoms with E-state index >= 15 is 0 Å². The summed E-state index contributed by atoms with van der Waals surface area (Å²) < 4.78 is 10.8. The molecule has 28 heavy (non-hydrogen) atoms. The van der Waals surface area contributed by atoms with Crippen LogP contribution in [0.4, 0.5) is 0 Å². The lowest BCUT2D eigenvalue weighted by Crippen LogP contribution is -2.43. The average Bonchev–Trinajstić information content (AvgIpc) is 3.20. The van der Waals surface area contributed by atoms with Crippen LogP contribution in [-0.2, 0) is 25.5 Å². The predicted octanol–water partition coefficient (Wildman–Crippen LogP) is 2.15. The van der Waals surface area contributed by atoms with Gasteiger partial charge in [0.2, 0.25) is 5.91 Å². The maximum Gasteiger partial charge on any atom is 0.306 e. The molecule has 2 N–H and O–H groups in total. The Bertz CT molecular complexity index is 822. The van der Waals surface area contributed by atoms with E-state index in [4.69, 9.17) is 14.9 Å². The normalized spacial score (nSPS) is 14.6. The number of nitrogens with zero attached hydrogens (tertiary/aromatic N) is 1. The third-order valence-corrected chi connectivity index (χ3v) is 4.90. The topological polar surface area (TPSA) is 103 Å². The first-order chi connectivity index (χ1) is 13.5. The van der Waals surface area contributed by atoms with Gasteiger partial charge in [0.15, 0.2) is 6.61 Å². The number of carbonyl (C=O) groups is 3. The second-order valence-electron chi connectivity index (χ2n) is 6.85. The summed E-state index contributed by atoms with van der Waals surface area (Å²) in [5.41, 5.74) is 6.26. The molecule has 1 fully saturated rings. The molecule has 0 bridgehead atoms. The summed E-state index contributed by atoms with van der Waals surface area (Å²) in [4.78, 5) is 36.8. The van der Waals surface area contributed by atoms with E-state index < -0.39 is 5.97 Å². The molecule has 1 aromatic carbocycles. The number of hydrogen-bond acceptors (Lipinski definition) is 5. The number of primary amides is 1.